The first-order valence-corrected chi connectivity index (χ1v) is 8.80. The van der Waals surface area contributed by atoms with Crippen molar-refractivity contribution in [3.63, 3.8) is 0 Å². The van der Waals surface area contributed by atoms with Crippen molar-refractivity contribution in [2.24, 2.45) is 0 Å². The number of carbonyl (C=O) groups is 2. The maximum absolute atomic E-state index is 12.6. The maximum atomic E-state index is 12.6. The summed E-state index contributed by atoms with van der Waals surface area (Å²) in [6, 6.07) is 7.58. The minimum Gasteiger partial charge on any atom is -0.507 e. The number of halogens is 3. The van der Waals surface area contributed by atoms with E-state index in [1.54, 1.807) is 12.1 Å². The van der Waals surface area contributed by atoms with Gasteiger partial charge in [-0.1, -0.05) is 0 Å². The van der Waals surface area contributed by atoms with Crippen LogP contribution in [-0.4, -0.2) is 22.0 Å². The van der Waals surface area contributed by atoms with Gasteiger partial charge in [0.05, 0.1) is 9.13 Å². The monoisotopic (exact) mass is 620 g/mol. The van der Waals surface area contributed by atoms with E-state index in [0.29, 0.717) is 21.8 Å². The van der Waals surface area contributed by atoms with E-state index in [4.69, 9.17) is 5.11 Å². The predicted octanol–water partition coefficient (Wildman–Crippen LogP) is 4.14. The molecule has 0 bridgehead atoms. The molecule has 0 saturated heterocycles. The average molecular weight is 620 g/mol. The zero-order valence-corrected chi connectivity index (χ0v) is 16.7. The van der Waals surface area contributed by atoms with Gasteiger partial charge in [-0.05, 0) is 98.1 Å². The fourth-order valence-corrected chi connectivity index (χ4v) is 4.48. The largest absolute Gasteiger partial charge is 0.507 e. The van der Waals surface area contributed by atoms with Crippen LogP contribution >= 0.6 is 67.8 Å². The third-order valence-electron chi connectivity index (χ3n) is 2.73. The van der Waals surface area contributed by atoms with E-state index in [1.165, 1.54) is 18.2 Å². The van der Waals surface area contributed by atoms with E-state index in [1.807, 2.05) is 67.8 Å². The minimum atomic E-state index is -1.02. The summed E-state index contributed by atoms with van der Waals surface area (Å²) < 4.78 is 1.76. The van der Waals surface area contributed by atoms with Gasteiger partial charge in [0.25, 0.3) is 0 Å². The van der Waals surface area contributed by atoms with Crippen molar-refractivity contribution in [3.8, 4) is 5.75 Å². The molecule has 4 nitrogen and oxygen atoms in total. The molecule has 2 aromatic carbocycles. The highest BCUT2D eigenvalue weighted by molar-refractivity contribution is 14.1. The number of aromatic hydroxyl groups is 1. The van der Waals surface area contributed by atoms with E-state index in [-0.39, 0.29) is 17.1 Å². The summed E-state index contributed by atoms with van der Waals surface area (Å²) in [5.74, 6) is -1.10. The second kappa shape index (κ2) is 6.77. The van der Waals surface area contributed by atoms with E-state index in [9.17, 15) is 14.7 Å². The van der Waals surface area contributed by atoms with Gasteiger partial charge in [0, 0.05) is 18.3 Å². The highest BCUT2D eigenvalue weighted by Crippen LogP contribution is 2.27. The van der Waals surface area contributed by atoms with Gasteiger partial charge in [-0.3, -0.25) is 4.79 Å². The first-order chi connectivity index (χ1) is 9.81. The molecule has 0 saturated carbocycles. The molecule has 0 aliphatic heterocycles. The highest BCUT2D eigenvalue weighted by atomic mass is 127. The van der Waals surface area contributed by atoms with Crippen LogP contribution in [0.25, 0.3) is 0 Å². The van der Waals surface area contributed by atoms with Crippen LogP contribution in [0.4, 0.5) is 0 Å². The quantitative estimate of drug-likeness (QED) is 0.400. The van der Waals surface area contributed by atoms with E-state index in [0.717, 1.165) is 0 Å². The number of hydrogen-bond donors (Lipinski definition) is 2. The molecule has 0 amide bonds. The molecule has 0 unspecified atom stereocenters. The van der Waals surface area contributed by atoms with Crippen molar-refractivity contribution >= 4 is 79.5 Å². The molecule has 0 heterocycles. The molecule has 21 heavy (non-hydrogen) atoms. The van der Waals surface area contributed by atoms with Crippen molar-refractivity contribution in [3.05, 3.63) is 57.7 Å². The van der Waals surface area contributed by atoms with Gasteiger partial charge in [0.2, 0.25) is 0 Å². The fourth-order valence-electron chi connectivity index (χ4n) is 1.71. The van der Waals surface area contributed by atoms with Crippen LogP contribution in [-0.2, 0) is 0 Å². The summed E-state index contributed by atoms with van der Waals surface area (Å²) in [4.78, 5) is 23.6. The molecule has 2 N–H and O–H groups in total. The lowest BCUT2D eigenvalue weighted by Gasteiger charge is -2.09. The molecule has 0 spiro atoms. The number of benzene rings is 2. The molecule has 0 atom stereocenters. The molecular weight excluding hydrogens is 613 g/mol. The topological polar surface area (TPSA) is 74.6 Å². The Kier molecular flexibility index (Phi) is 5.46. The Labute approximate surface area is 161 Å². The molecule has 0 aliphatic carbocycles. The Hall–Kier alpha value is -0.430. The fraction of sp³-hybridized carbons (Fsp3) is 0. The number of phenols is 1. The van der Waals surface area contributed by atoms with E-state index < -0.39 is 5.97 Å². The molecule has 7 heteroatoms. The number of phenolic OH excluding ortho intramolecular Hbond substituents is 1. The third kappa shape index (κ3) is 3.67. The van der Waals surface area contributed by atoms with Gasteiger partial charge < -0.3 is 10.2 Å². The van der Waals surface area contributed by atoms with Crippen LogP contribution in [0.2, 0.25) is 0 Å². The minimum absolute atomic E-state index is 0.123. The molecule has 0 aromatic heterocycles. The van der Waals surface area contributed by atoms with Crippen molar-refractivity contribution in [2.45, 2.75) is 0 Å². The summed E-state index contributed by atoms with van der Waals surface area (Å²) in [7, 11) is 0. The van der Waals surface area contributed by atoms with Crippen molar-refractivity contribution in [1.29, 1.82) is 0 Å². The lowest BCUT2D eigenvalue weighted by Crippen LogP contribution is -2.09. The first-order valence-electron chi connectivity index (χ1n) is 5.57. The Balaban J connectivity index is 2.53. The second-order valence-electron chi connectivity index (χ2n) is 4.12. The number of ketones is 1. The summed E-state index contributed by atoms with van der Waals surface area (Å²) >= 11 is 5.87. The highest BCUT2D eigenvalue weighted by Gasteiger charge is 2.19. The average Bonchev–Trinajstić information content (AvgIpc) is 2.40. The third-order valence-corrected chi connectivity index (χ3v) is 5.29. The van der Waals surface area contributed by atoms with Crippen LogP contribution in [0.5, 0.6) is 5.75 Å². The zero-order chi connectivity index (χ0) is 15.7. The normalized spacial score (nSPS) is 10.4. The van der Waals surface area contributed by atoms with Gasteiger partial charge in [-0.15, -0.1) is 0 Å². The Bertz CT molecular complexity index is 733. The van der Waals surface area contributed by atoms with Gasteiger partial charge >= 0.3 is 5.97 Å². The number of rotatable bonds is 3. The van der Waals surface area contributed by atoms with Crippen LogP contribution in [0.3, 0.4) is 0 Å². The smallest absolute Gasteiger partial charge is 0.335 e. The molecule has 2 rings (SSSR count). The lowest BCUT2D eigenvalue weighted by molar-refractivity contribution is 0.0696. The summed E-state index contributed by atoms with van der Waals surface area (Å²) in [6.07, 6.45) is 0. The lowest BCUT2D eigenvalue weighted by atomic mass is 10.0. The second-order valence-corrected chi connectivity index (χ2v) is 7.60. The van der Waals surface area contributed by atoms with E-state index in [2.05, 4.69) is 0 Å². The predicted molar refractivity (Wildman–Crippen MR) is 103 cm³/mol. The molecular formula is C14H7I3O4. The summed E-state index contributed by atoms with van der Waals surface area (Å²) in [5.41, 5.74) is 1.08. The zero-order valence-electron chi connectivity index (χ0n) is 10.2. The molecule has 2 aromatic rings. The summed E-state index contributed by atoms with van der Waals surface area (Å²) in [5, 5.41) is 18.5. The first kappa shape index (κ1) is 16.9. The van der Waals surface area contributed by atoms with Crippen molar-refractivity contribution in [1.82, 2.24) is 0 Å². The van der Waals surface area contributed by atoms with Gasteiger partial charge in [0.1, 0.15) is 5.75 Å². The van der Waals surface area contributed by atoms with Gasteiger partial charge in [-0.2, -0.15) is 0 Å². The number of aromatic carboxylic acids is 1. The maximum Gasteiger partial charge on any atom is 0.335 e. The van der Waals surface area contributed by atoms with Gasteiger partial charge in [-0.25, -0.2) is 4.79 Å². The van der Waals surface area contributed by atoms with Crippen LogP contribution in [0.1, 0.15) is 26.3 Å². The van der Waals surface area contributed by atoms with Crippen LogP contribution < -0.4 is 0 Å². The van der Waals surface area contributed by atoms with Crippen molar-refractivity contribution < 1.29 is 19.8 Å². The number of hydrogen-bond acceptors (Lipinski definition) is 3. The number of carboxylic acids is 1. The number of carboxylic acid groups (broad SMARTS) is 1. The Morgan fingerprint density at radius 3 is 1.86 bits per heavy atom. The summed E-state index contributed by atoms with van der Waals surface area (Å²) in [6.45, 7) is 0. The standard InChI is InChI=1S/C14H7I3O4/c15-8-3-6(1-2-11(8)18)13(19)12-9(16)4-7(14(20)21)5-10(12)17/h1-5,18H,(H,20,21). The van der Waals surface area contributed by atoms with Crippen LogP contribution in [0, 0.1) is 10.7 Å². The molecule has 108 valence electrons. The molecule has 0 aliphatic rings. The van der Waals surface area contributed by atoms with Crippen LogP contribution in [0.15, 0.2) is 30.3 Å². The van der Waals surface area contributed by atoms with E-state index >= 15 is 0 Å². The van der Waals surface area contributed by atoms with Gasteiger partial charge in [0.15, 0.2) is 5.78 Å². The van der Waals surface area contributed by atoms with Crippen molar-refractivity contribution in [2.75, 3.05) is 0 Å². The molecule has 0 fully saturated rings. The molecule has 0 radical (unpaired) electrons. The Morgan fingerprint density at radius 1 is 0.857 bits per heavy atom. The Morgan fingerprint density at radius 2 is 1.38 bits per heavy atom. The number of carbonyl (C=O) groups excluding carboxylic acids is 1. The SMILES string of the molecule is O=C(O)c1cc(I)c(C(=O)c2ccc(O)c(I)c2)c(I)c1.